The van der Waals surface area contributed by atoms with Gasteiger partial charge in [0, 0.05) is 19.8 Å². The second kappa shape index (κ2) is 49.3. The molecule has 3 heterocycles. The molecule has 0 radical (unpaired) electrons. The zero-order valence-electron chi connectivity index (χ0n) is 56.0. The highest BCUT2D eigenvalue weighted by molar-refractivity contribution is 5.77. The minimum absolute atomic E-state index is 0.228. The number of aliphatic hydroxyl groups is 11. The molecule has 3 aliphatic heterocycles. The molecular formula is C68H128N2O21. The number of aliphatic carboxylic acids is 1. The third-order valence-corrected chi connectivity index (χ3v) is 18.6. The summed E-state index contributed by atoms with van der Waals surface area (Å²) in [5, 5.41) is 136. The smallest absolute Gasteiger partial charge is 0.364 e. The van der Waals surface area contributed by atoms with Crippen LogP contribution in [-0.4, -0.2) is 215 Å². The van der Waals surface area contributed by atoms with Crippen LogP contribution in [0.25, 0.3) is 0 Å². The molecule has 2 amide bonds. The van der Waals surface area contributed by atoms with E-state index < -0.39 is 148 Å². The van der Waals surface area contributed by atoms with Crippen LogP contribution < -0.4 is 10.6 Å². The molecule has 3 saturated heterocycles. The van der Waals surface area contributed by atoms with Crippen molar-refractivity contribution in [3.8, 4) is 0 Å². The molecule has 3 fully saturated rings. The first-order chi connectivity index (χ1) is 43.9. The van der Waals surface area contributed by atoms with Gasteiger partial charge in [-0.3, -0.25) is 9.59 Å². The lowest BCUT2D eigenvalue weighted by Gasteiger charge is -2.50. The Labute approximate surface area is 544 Å². The van der Waals surface area contributed by atoms with Crippen LogP contribution in [0.4, 0.5) is 0 Å². The predicted octanol–water partition coefficient (Wildman–Crippen LogP) is 6.90. The highest BCUT2D eigenvalue weighted by Gasteiger charge is 2.60. The van der Waals surface area contributed by atoms with E-state index in [9.17, 15) is 75.7 Å². The lowest BCUT2D eigenvalue weighted by atomic mass is 9.88. The topological polar surface area (TPSA) is 373 Å². The molecule has 91 heavy (non-hydrogen) atoms. The van der Waals surface area contributed by atoms with Crippen molar-refractivity contribution in [3.63, 3.8) is 0 Å². The van der Waals surface area contributed by atoms with Gasteiger partial charge in [0.15, 0.2) is 12.6 Å². The van der Waals surface area contributed by atoms with Gasteiger partial charge in [0.1, 0.15) is 67.1 Å². The summed E-state index contributed by atoms with van der Waals surface area (Å²) in [5.41, 5.74) is 0. The van der Waals surface area contributed by atoms with Crippen molar-refractivity contribution in [3.05, 3.63) is 0 Å². The maximum absolute atomic E-state index is 13.4. The van der Waals surface area contributed by atoms with Gasteiger partial charge in [0.2, 0.25) is 11.8 Å². The minimum atomic E-state index is -3.08. The van der Waals surface area contributed by atoms with E-state index in [4.69, 9.17) is 28.4 Å². The summed E-state index contributed by atoms with van der Waals surface area (Å²) >= 11 is 0. The Bertz CT molecular complexity index is 1850. The Morgan fingerprint density at radius 2 is 0.956 bits per heavy atom. The molecule has 23 nitrogen and oxygen atoms in total. The van der Waals surface area contributed by atoms with Gasteiger partial charge >= 0.3 is 5.97 Å². The molecule has 0 aromatic rings. The number of aliphatic hydroxyl groups excluding tert-OH is 11. The van der Waals surface area contributed by atoms with E-state index in [0.29, 0.717) is 19.3 Å². The minimum Gasteiger partial charge on any atom is -0.477 e. The van der Waals surface area contributed by atoms with Crippen molar-refractivity contribution >= 4 is 17.8 Å². The van der Waals surface area contributed by atoms with Gasteiger partial charge in [-0.2, -0.15) is 0 Å². The second-order valence-corrected chi connectivity index (χ2v) is 26.5. The molecule has 0 bridgehead atoms. The largest absolute Gasteiger partial charge is 0.477 e. The van der Waals surface area contributed by atoms with Gasteiger partial charge in [0.05, 0.1) is 50.7 Å². The summed E-state index contributed by atoms with van der Waals surface area (Å²) in [4.78, 5) is 38.5. The number of hydrogen-bond acceptors (Lipinski definition) is 20. The third-order valence-electron chi connectivity index (χ3n) is 18.6. The SMILES string of the molecule is CCCCCCCCCCCCCCCCCCCCCCCCCCC(O)C(COC1OC(CO)C(OC2OC(CO)C(O)C(OC3(C(=O)O)CC(O)C(NC(C)=O)C(C(O)C(O)CO)O3)C2O)C(O)C1O)NC(=O)CCCCCCCCCCCCCCC. The van der Waals surface area contributed by atoms with E-state index in [1.807, 2.05) is 0 Å². The number of rotatable bonds is 55. The third kappa shape index (κ3) is 31.7. The quantitative estimate of drug-likeness (QED) is 0.0275. The van der Waals surface area contributed by atoms with Gasteiger partial charge in [-0.1, -0.05) is 245 Å². The maximum atomic E-state index is 13.4. The van der Waals surface area contributed by atoms with Crippen LogP contribution in [0.2, 0.25) is 0 Å². The molecule has 23 heteroatoms. The van der Waals surface area contributed by atoms with Gasteiger partial charge in [-0.25, -0.2) is 4.79 Å². The molecule has 18 atom stereocenters. The normalized spacial score (nSPS) is 28.4. The molecule has 0 saturated carbocycles. The molecule has 14 N–H and O–H groups in total. The fraction of sp³-hybridized carbons (Fsp3) is 0.956. The first-order valence-corrected chi connectivity index (χ1v) is 35.9. The molecule has 3 aliphatic rings. The number of carboxylic acid groups (broad SMARTS) is 1. The molecule has 0 spiro atoms. The molecule has 0 aromatic carbocycles. The fourth-order valence-electron chi connectivity index (χ4n) is 12.8. The summed E-state index contributed by atoms with van der Waals surface area (Å²) in [6, 6.07) is -2.52. The van der Waals surface area contributed by atoms with Crippen molar-refractivity contribution in [2.75, 3.05) is 26.4 Å². The lowest BCUT2D eigenvalue weighted by molar-refractivity contribution is -0.386. The monoisotopic (exact) mass is 1310 g/mol. The number of amides is 2. The predicted molar refractivity (Wildman–Crippen MR) is 343 cm³/mol. The number of nitrogens with one attached hydrogen (secondary N) is 2. The summed E-state index contributed by atoms with van der Waals surface area (Å²) < 4.78 is 34.9. The van der Waals surface area contributed by atoms with Gasteiger partial charge in [-0.15, -0.1) is 0 Å². The van der Waals surface area contributed by atoms with E-state index in [2.05, 4.69) is 24.5 Å². The summed E-state index contributed by atoms with van der Waals surface area (Å²) in [6.45, 7) is 2.22. The molecular weight excluding hydrogens is 1180 g/mol. The van der Waals surface area contributed by atoms with Gasteiger partial charge in [0.25, 0.3) is 5.79 Å². The van der Waals surface area contributed by atoms with E-state index in [1.54, 1.807) is 0 Å². The maximum Gasteiger partial charge on any atom is 0.364 e. The number of ether oxygens (including phenoxy) is 6. The van der Waals surface area contributed by atoms with Crippen molar-refractivity contribution in [1.82, 2.24) is 10.6 Å². The number of hydrogen-bond donors (Lipinski definition) is 14. The highest BCUT2D eigenvalue weighted by Crippen LogP contribution is 2.39. The van der Waals surface area contributed by atoms with Crippen LogP contribution in [-0.2, 0) is 42.8 Å². The molecule has 0 aromatic heterocycles. The zero-order chi connectivity index (χ0) is 66.8. The van der Waals surface area contributed by atoms with Crippen LogP contribution in [0.5, 0.6) is 0 Å². The van der Waals surface area contributed by atoms with Crippen molar-refractivity contribution in [2.24, 2.45) is 0 Å². The van der Waals surface area contributed by atoms with Crippen molar-refractivity contribution in [2.45, 2.75) is 387 Å². The van der Waals surface area contributed by atoms with Crippen LogP contribution in [0, 0.1) is 0 Å². The van der Waals surface area contributed by atoms with Crippen LogP contribution in [0.1, 0.15) is 278 Å². The van der Waals surface area contributed by atoms with Gasteiger partial charge in [-0.05, 0) is 12.8 Å². The summed E-state index contributed by atoms with van der Waals surface area (Å²) in [6.07, 6.45) is 16.8. The molecule has 18 unspecified atom stereocenters. The molecule has 3 rings (SSSR count). The summed E-state index contributed by atoms with van der Waals surface area (Å²) in [5.74, 6) is -6.09. The first kappa shape index (κ1) is 83.0. The number of carboxylic acids is 1. The Kier molecular flexibility index (Phi) is 44.9. The average molecular weight is 1310 g/mol. The molecule has 0 aliphatic carbocycles. The van der Waals surface area contributed by atoms with Crippen molar-refractivity contribution in [1.29, 1.82) is 0 Å². The first-order valence-electron chi connectivity index (χ1n) is 35.9. The highest BCUT2D eigenvalue weighted by atomic mass is 16.8. The van der Waals surface area contributed by atoms with Crippen LogP contribution in [0.3, 0.4) is 0 Å². The Balaban J connectivity index is 1.55. The Hall–Kier alpha value is -2.27. The van der Waals surface area contributed by atoms with Crippen molar-refractivity contribution < 1.29 is 104 Å². The number of carbonyl (C=O) groups excluding carboxylic acids is 2. The van der Waals surface area contributed by atoms with E-state index in [0.717, 1.165) is 58.3 Å². The average Bonchev–Trinajstić information content (AvgIpc) is 0.787. The Morgan fingerprint density at radius 1 is 0.527 bits per heavy atom. The standard InChI is InChI=1S/C68H128N2O21/c1-4-6-8-10-12-14-16-18-19-20-21-22-23-24-25-26-27-28-30-31-33-35-37-39-41-50(75)49(70-55(78)42-40-38-36-34-32-29-17-15-13-11-9-7-5-2)47-86-65-60(82)59(81)62(54(46-73)88-65)89-66-61(83)64(58(80)53(45-72)87-66)91-68(67(84)85)43-51(76)56(69-48(3)74)63(90-68)57(79)52(77)44-71/h49-54,56-66,71-73,75-77,79-83H,4-47H2,1-3H3,(H,69,74)(H,70,78)(H,84,85). The number of carbonyl (C=O) groups is 3. The fourth-order valence-corrected chi connectivity index (χ4v) is 12.8. The van der Waals surface area contributed by atoms with Crippen LogP contribution >= 0.6 is 0 Å². The zero-order valence-corrected chi connectivity index (χ0v) is 56.0. The van der Waals surface area contributed by atoms with E-state index in [-0.39, 0.29) is 18.9 Å². The van der Waals surface area contributed by atoms with E-state index >= 15 is 0 Å². The van der Waals surface area contributed by atoms with Crippen LogP contribution in [0.15, 0.2) is 0 Å². The molecule has 536 valence electrons. The lowest BCUT2D eigenvalue weighted by Crippen LogP contribution is -2.70. The van der Waals surface area contributed by atoms with Gasteiger partial charge < -0.3 is 100 Å². The second-order valence-electron chi connectivity index (χ2n) is 26.5. The summed E-state index contributed by atoms with van der Waals surface area (Å²) in [7, 11) is 0. The number of unbranched alkanes of at least 4 members (excludes halogenated alkanes) is 35. The Morgan fingerprint density at radius 3 is 1.37 bits per heavy atom. The van der Waals surface area contributed by atoms with E-state index in [1.165, 1.54) is 173 Å².